The number of nitrogens with zero attached hydrogens (tertiary/aromatic N) is 18. The number of carbonyl (C=O) groups is 1. The molecule has 95 heavy (non-hydrogen) atoms. The number of benzene rings is 4. The first-order valence-corrected chi connectivity index (χ1v) is 58.0. The maximum absolute atomic E-state index is 12.4. The van der Waals surface area contributed by atoms with Crippen molar-refractivity contribution in [3.05, 3.63) is 249 Å². The summed E-state index contributed by atoms with van der Waals surface area (Å²) in [6, 6.07) is 46.1. The number of hydrazine groups is 1. The third kappa shape index (κ3) is 34.5. The summed E-state index contributed by atoms with van der Waals surface area (Å²) in [5.74, 6) is 5.84. The predicted octanol–water partition coefficient (Wildman–Crippen LogP) is 9.46. The number of anilines is 4. The Morgan fingerprint density at radius 3 is 1.21 bits per heavy atom. The van der Waals surface area contributed by atoms with Crippen LogP contribution in [0.4, 0.5) is 33.3 Å². The molecule has 0 saturated heterocycles. The Bertz CT molecular complexity index is 4060. The second-order valence-electron chi connectivity index (χ2n) is 14.9. The van der Waals surface area contributed by atoms with E-state index in [1.807, 2.05) is 121 Å². The van der Waals surface area contributed by atoms with E-state index >= 15 is 0 Å². The van der Waals surface area contributed by atoms with Crippen molar-refractivity contribution in [1.82, 2.24) is 49.3 Å². The first kappa shape index (κ1) is 103. The normalized spacial score (nSPS) is 8.22. The Morgan fingerprint density at radius 1 is 0.568 bits per heavy atom. The van der Waals surface area contributed by atoms with Crippen LogP contribution < -0.4 is 28.5 Å². The van der Waals surface area contributed by atoms with Gasteiger partial charge in [0.15, 0.2) is 5.82 Å². The molecule has 0 fully saturated rings. The van der Waals surface area contributed by atoms with E-state index in [-0.39, 0.29) is 60.7 Å². The molecule has 0 radical (unpaired) electrons. The average molecular weight is 1480 g/mol. The van der Waals surface area contributed by atoms with Crippen molar-refractivity contribution in [2.75, 3.05) is 36.3 Å². The van der Waals surface area contributed by atoms with Gasteiger partial charge in [0.05, 0.1) is 41.2 Å². The van der Waals surface area contributed by atoms with E-state index in [1.165, 1.54) is 139 Å². The molecular weight excluding hydrogens is 1430 g/mol. The molecule has 7 heterocycles. The quantitative estimate of drug-likeness (QED) is 0.0203. The van der Waals surface area contributed by atoms with Gasteiger partial charge in [0.25, 0.3) is 5.82 Å². The van der Waals surface area contributed by atoms with Crippen LogP contribution in [0.3, 0.4) is 0 Å². The van der Waals surface area contributed by atoms with Gasteiger partial charge < -0.3 is 109 Å². The predicted molar refractivity (Wildman–Crippen MR) is 362 cm³/mol. The van der Waals surface area contributed by atoms with Crippen LogP contribution in [-0.4, -0.2) is 205 Å². The molecule has 11 rings (SSSR count). The summed E-state index contributed by atoms with van der Waals surface area (Å²) >= 11 is 16.2. The van der Waals surface area contributed by atoms with Gasteiger partial charge in [0.2, 0.25) is 5.78 Å². The molecule has 0 bridgehead atoms. The summed E-state index contributed by atoms with van der Waals surface area (Å²) in [5, 5.41) is 77.5. The molecule has 466 valence electrons. The Labute approximate surface area is 667 Å². The van der Waals surface area contributed by atoms with E-state index in [1.54, 1.807) is 50.7 Å². The molecule has 0 amide bonds. The number of ketones is 1. The first-order valence-electron chi connectivity index (χ1n) is 25.2. The molecule has 0 aliphatic rings. The van der Waals surface area contributed by atoms with Crippen LogP contribution in [0.5, 0.6) is 0 Å². The zero-order chi connectivity index (χ0) is 69.9. The van der Waals surface area contributed by atoms with Crippen molar-refractivity contribution >= 4 is 229 Å². The Morgan fingerprint density at radius 2 is 0.884 bits per heavy atom. The molecule has 0 saturated carbocycles. The number of para-hydroxylation sites is 4. The van der Waals surface area contributed by atoms with Gasteiger partial charge in [-0.15, -0.1) is 17.4 Å². The van der Waals surface area contributed by atoms with Crippen molar-refractivity contribution in [2.24, 2.45) is 5.84 Å². The number of aromatic nitrogens is 10. The minimum atomic E-state index is -0.646. The van der Waals surface area contributed by atoms with Crippen LogP contribution in [0, 0.1) is 94.7 Å². The number of fused-ring (bicyclic) bond motifs is 3. The average Bonchev–Trinajstić information content (AvgIpc) is 1.68. The molecule has 7 aromatic heterocycles. The molecule has 11 N–H and O–H groups in total. The monoisotopic (exact) mass is 1480 g/mol. The molecule has 0 spiro atoms. The molecule has 0 atom stereocenters. The second-order valence-corrected chi connectivity index (χ2v) is 15.6. The summed E-state index contributed by atoms with van der Waals surface area (Å²) in [6.45, 7) is 34.9. The number of halogens is 4. The van der Waals surface area contributed by atoms with Crippen LogP contribution >= 0.6 is 35.6 Å². The molecular formula is C60H53Cl3FFeK4N23O3. The second kappa shape index (κ2) is 64.4. The summed E-state index contributed by atoms with van der Waals surface area (Å²) in [4.78, 5) is 30.1. The number of aliphatic hydroxyl groups is 2. The Kier molecular flexibility index (Phi) is 69.8. The Balaban J connectivity index is -0.000000194. The van der Waals surface area contributed by atoms with Gasteiger partial charge in [-0.05, 0) is 72.8 Å². The number of nitriles is 1. The number of nitrogens with one attached hydrogen (secondary N) is 1. The van der Waals surface area contributed by atoms with Gasteiger partial charge in [-0.3, -0.25) is 15.6 Å². The van der Waals surface area contributed by atoms with E-state index in [0.29, 0.717) is 44.8 Å². The molecule has 11 aromatic rings. The van der Waals surface area contributed by atoms with Gasteiger partial charge in [0, 0.05) is 29.0 Å². The number of rotatable bonds is 6. The summed E-state index contributed by atoms with van der Waals surface area (Å²) in [6.07, 6.45) is 5.58. The molecule has 0 aliphatic carbocycles. The Hall–Kier alpha value is -5.58. The summed E-state index contributed by atoms with van der Waals surface area (Å²) < 4.78 is 17.4. The van der Waals surface area contributed by atoms with Crippen LogP contribution in [0.25, 0.3) is 54.6 Å². The van der Waals surface area contributed by atoms with Crippen LogP contribution in [0.1, 0.15) is 30.9 Å². The SMILES string of the molecule is C.C.CO.Cl.N#Cc1cc(Cl)ncc1F.NNc1ccccc1.Nc1c2cc(C(=O)CO)ncc2nn1-c1ccccc1.Nc1c2cc(Cl)ncc2nn1-c1ccccc1.[C-]#N.[C-]#N.[C-]#N.[C-]#N.[C-]#N.[C-]#N.[C-]#[N+]c1cc2c(N)n(-c3ccccc3)nc2cn1.[Fe+6].[K][K].[K][K]. The van der Waals surface area contributed by atoms with Crippen molar-refractivity contribution in [2.45, 2.75) is 14.9 Å². The topological polar surface area (TPSA) is 450 Å². The number of nitrogen functional groups attached to an aromatic ring is 4. The fourth-order valence-electron chi connectivity index (χ4n) is 6.62. The van der Waals surface area contributed by atoms with Crippen molar-refractivity contribution in [3.63, 3.8) is 0 Å². The molecule has 26 nitrogen and oxygen atoms in total. The fourth-order valence-corrected chi connectivity index (χ4v) is 6.93. The van der Waals surface area contributed by atoms with Gasteiger partial charge in [-0.2, -0.15) is 20.6 Å². The van der Waals surface area contributed by atoms with E-state index < -0.39 is 18.2 Å². The molecule has 0 unspecified atom stereocenters. The number of aliphatic hydroxyl groups excluding tert-OH is 2. The third-order valence-electron chi connectivity index (χ3n) is 10.2. The van der Waals surface area contributed by atoms with Crippen LogP contribution in [0.15, 0.2) is 170 Å². The number of carbonyl (C=O) groups excluding carboxylic acids is 1. The fraction of sp³-hybridized carbons (Fsp3) is 0.0667. The van der Waals surface area contributed by atoms with E-state index in [0.717, 1.165) is 52.3 Å². The molecule has 35 heteroatoms. The third-order valence-corrected chi connectivity index (χ3v) is 10.6. The molecule has 0 aliphatic heterocycles. The zero-order valence-corrected chi connectivity index (χ0v) is 65.9. The van der Waals surface area contributed by atoms with Crippen molar-refractivity contribution < 1.29 is 36.5 Å². The van der Waals surface area contributed by atoms with Gasteiger partial charge in [0.1, 0.15) is 68.9 Å². The van der Waals surface area contributed by atoms with E-state index in [4.69, 9.17) is 139 Å². The number of pyridine rings is 4. The standard InChI is InChI=1S/C14H12N4O2.C13H9N5.C12H9ClN4.C6H2ClFN2.C6H8N2.6CN.CH4O.2CH4.ClH.Fe.4K/c15-14-10-6-11(13(20)8-19)16-7-12(10)17-18(14)9-4-2-1-3-5-9;1-15-12-7-10-11(8-16-12)17-18(13(10)14)9-5-3-2-4-6-9;13-11-6-9-10(7-15-11)16-17(12(9)14)8-4-2-1-3-5-8;7-6-1-4(2-9)5(8)3-10-6;7-8-6-4-2-1-3-5-6;7*1-2;;;;;;;;/h1-7,19H,8,15H2;2-8H,14H2;1-7H,14H2;1,3H;1-5,8H,7H2;;;;;;;2H,1H3;2*1H4;1H;;;;;/q;;;;;6*-1;;;;;+6;;;;. The summed E-state index contributed by atoms with van der Waals surface area (Å²) in [7, 11) is 1.00. The minimum absolute atomic E-state index is 0. The van der Waals surface area contributed by atoms with Crippen molar-refractivity contribution in [3.8, 4) is 23.1 Å². The van der Waals surface area contributed by atoms with Gasteiger partial charge in [-0.25, -0.2) is 28.4 Å². The first-order chi connectivity index (χ1) is 44.4. The molecule has 4 aromatic carbocycles. The van der Waals surface area contributed by atoms with Crippen LogP contribution in [-0.2, 0) is 17.1 Å². The number of hydrogen-bond acceptors (Lipinski definition) is 22. The van der Waals surface area contributed by atoms with Crippen LogP contribution in [0.2, 0.25) is 10.3 Å². The maximum atomic E-state index is 12.4. The van der Waals surface area contributed by atoms with Crippen molar-refractivity contribution in [1.29, 1.82) is 36.8 Å². The number of nitrogens with two attached hydrogens (primary N) is 4. The van der Waals surface area contributed by atoms with E-state index in [9.17, 15) is 9.18 Å². The number of Topliss-reactive ketones (excluding diaryl/α,β-unsaturated/α-hetero) is 1. The van der Waals surface area contributed by atoms with Gasteiger partial charge >= 0.3 is 143 Å². The number of hydrogen-bond donors (Lipinski definition) is 7. The zero-order valence-electron chi connectivity index (χ0n) is 49.9. The summed E-state index contributed by atoms with van der Waals surface area (Å²) in [5.41, 5.74) is 26.4. The van der Waals surface area contributed by atoms with Gasteiger partial charge in [-0.1, -0.05) is 117 Å². The van der Waals surface area contributed by atoms with E-state index in [2.05, 4.69) is 45.5 Å².